The largest absolute Gasteiger partial charge is 0.492 e. The van der Waals surface area contributed by atoms with Crippen molar-refractivity contribution in [2.75, 3.05) is 39.3 Å². The van der Waals surface area contributed by atoms with E-state index < -0.39 is 0 Å². The normalized spacial score (nSPS) is 15.3. The van der Waals surface area contributed by atoms with Crippen LogP contribution in [0.15, 0.2) is 54.6 Å². The number of ether oxygens (including phenoxy) is 1. The number of halogens is 1. The molecule has 0 unspecified atom stereocenters. The van der Waals surface area contributed by atoms with E-state index in [1.165, 1.54) is 0 Å². The van der Waals surface area contributed by atoms with Gasteiger partial charge in [0.2, 0.25) is 0 Å². The molecule has 0 spiro atoms. The van der Waals surface area contributed by atoms with Crippen LogP contribution < -0.4 is 4.74 Å². The van der Waals surface area contributed by atoms with E-state index in [0.29, 0.717) is 11.6 Å². The molecule has 0 aliphatic carbocycles. The lowest BCUT2D eigenvalue weighted by molar-refractivity contribution is 0.0620. The standard InChI is InChI=1S/C19H21ClN2O2/c20-17-6-8-18(9-7-17)24-15-14-21-10-12-22(13-11-21)19(23)16-4-2-1-3-5-16/h1-9H,10-15H2. The third kappa shape index (κ3) is 4.49. The SMILES string of the molecule is O=C(c1ccccc1)N1CCN(CCOc2ccc(Cl)cc2)CC1. The zero-order chi connectivity index (χ0) is 16.8. The molecule has 1 aliphatic heterocycles. The number of rotatable bonds is 5. The van der Waals surface area contributed by atoms with Crippen molar-refractivity contribution in [2.24, 2.45) is 0 Å². The van der Waals surface area contributed by atoms with E-state index in [4.69, 9.17) is 16.3 Å². The van der Waals surface area contributed by atoms with Gasteiger partial charge in [-0.1, -0.05) is 29.8 Å². The second-order valence-electron chi connectivity index (χ2n) is 5.80. The highest BCUT2D eigenvalue weighted by Crippen LogP contribution is 2.15. The number of hydrogen-bond donors (Lipinski definition) is 0. The molecule has 1 aliphatic rings. The fourth-order valence-corrected chi connectivity index (χ4v) is 2.89. The average molecular weight is 345 g/mol. The lowest BCUT2D eigenvalue weighted by Gasteiger charge is -2.34. The summed E-state index contributed by atoms with van der Waals surface area (Å²) in [6.07, 6.45) is 0. The van der Waals surface area contributed by atoms with Crippen LogP contribution in [0.2, 0.25) is 5.02 Å². The van der Waals surface area contributed by atoms with E-state index in [2.05, 4.69) is 4.90 Å². The summed E-state index contributed by atoms with van der Waals surface area (Å²) in [7, 11) is 0. The molecule has 0 bridgehead atoms. The smallest absolute Gasteiger partial charge is 0.253 e. The number of hydrogen-bond acceptors (Lipinski definition) is 3. The minimum Gasteiger partial charge on any atom is -0.492 e. The highest BCUT2D eigenvalue weighted by molar-refractivity contribution is 6.30. The van der Waals surface area contributed by atoms with E-state index in [1.54, 1.807) is 0 Å². The Kier molecular flexibility index (Phi) is 5.72. The number of amides is 1. The number of carbonyl (C=O) groups excluding carboxylic acids is 1. The molecule has 5 heteroatoms. The molecule has 126 valence electrons. The van der Waals surface area contributed by atoms with Gasteiger partial charge in [0.25, 0.3) is 5.91 Å². The molecule has 1 fully saturated rings. The molecule has 0 aromatic heterocycles. The van der Waals surface area contributed by atoms with E-state index >= 15 is 0 Å². The first kappa shape index (κ1) is 16.8. The van der Waals surface area contributed by atoms with Crippen LogP contribution in [-0.2, 0) is 0 Å². The topological polar surface area (TPSA) is 32.8 Å². The molecule has 0 atom stereocenters. The fourth-order valence-electron chi connectivity index (χ4n) is 2.76. The van der Waals surface area contributed by atoms with Crippen molar-refractivity contribution in [1.82, 2.24) is 9.80 Å². The molecule has 1 amide bonds. The predicted molar refractivity (Wildman–Crippen MR) is 95.7 cm³/mol. The Morgan fingerprint density at radius 2 is 1.62 bits per heavy atom. The van der Waals surface area contributed by atoms with Crippen LogP contribution >= 0.6 is 11.6 Å². The molecule has 1 heterocycles. The van der Waals surface area contributed by atoms with Crippen LogP contribution in [-0.4, -0.2) is 55.0 Å². The van der Waals surface area contributed by atoms with Gasteiger partial charge < -0.3 is 9.64 Å². The van der Waals surface area contributed by atoms with Crippen molar-refractivity contribution in [2.45, 2.75) is 0 Å². The summed E-state index contributed by atoms with van der Waals surface area (Å²) < 4.78 is 5.73. The molecule has 0 saturated carbocycles. The Morgan fingerprint density at radius 3 is 2.29 bits per heavy atom. The third-order valence-corrected chi connectivity index (χ3v) is 4.42. The number of nitrogens with zero attached hydrogens (tertiary/aromatic N) is 2. The molecule has 3 rings (SSSR count). The quantitative estimate of drug-likeness (QED) is 0.835. The lowest BCUT2D eigenvalue weighted by Crippen LogP contribution is -2.49. The predicted octanol–water partition coefficient (Wildman–Crippen LogP) is 3.18. The minimum absolute atomic E-state index is 0.118. The van der Waals surface area contributed by atoms with Gasteiger partial charge in [0.1, 0.15) is 12.4 Å². The molecule has 2 aromatic rings. The molecule has 0 radical (unpaired) electrons. The fraction of sp³-hybridized carbons (Fsp3) is 0.316. The van der Waals surface area contributed by atoms with Crippen molar-refractivity contribution in [3.8, 4) is 5.75 Å². The second-order valence-corrected chi connectivity index (χ2v) is 6.24. The first-order valence-electron chi connectivity index (χ1n) is 8.17. The highest BCUT2D eigenvalue weighted by Gasteiger charge is 2.21. The van der Waals surface area contributed by atoms with Crippen LogP contribution in [0.25, 0.3) is 0 Å². The molecule has 2 aromatic carbocycles. The summed E-state index contributed by atoms with van der Waals surface area (Å²) in [5.41, 5.74) is 0.761. The summed E-state index contributed by atoms with van der Waals surface area (Å²) in [5, 5.41) is 0.710. The molecular weight excluding hydrogens is 324 g/mol. The van der Waals surface area contributed by atoms with E-state index in [-0.39, 0.29) is 5.91 Å². The summed E-state index contributed by atoms with van der Waals surface area (Å²) in [4.78, 5) is 16.7. The van der Waals surface area contributed by atoms with Gasteiger partial charge in [-0.25, -0.2) is 0 Å². The maximum Gasteiger partial charge on any atom is 0.253 e. The number of piperazine rings is 1. The van der Waals surface area contributed by atoms with E-state index in [9.17, 15) is 4.79 Å². The van der Waals surface area contributed by atoms with Crippen LogP contribution in [0, 0.1) is 0 Å². The maximum absolute atomic E-state index is 12.4. The van der Waals surface area contributed by atoms with Gasteiger partial charge >= 0.3 is 0 Å². The van der Waals surface area contributed by atoms with Gasteiger partial charge in [0.05, 0.1) is 0 Å². The summed E-state index contributed by atoms with van der Waals surface area (Å²) in [6, 6.07) is 16.9. The van der Waals surface area contributed by atoms with Crippen LogP contribution in [0.5, 0.6) is 5.75 Å². The zero-order valence-corrected chi connectivity index (χ0v) is 14.3. The van der Waals surface area contributed by atoms with Crippen molar-refractivity contribution in [3.63, 3.8) is 0 Å². The first-order chi connectivity index (χ1) is 11.7. The third-order valence-electron chi connectivity index (χ3n) is 4.17. The van der Waals surface area contributed by atoms with Gasteiger partial charge in [-0.3, -0.25) is 9.69 Å². The number of benzene rings is 2. The van der Waals surface area contributed by atoms with E-state index in [1.807, 2.05) is 59.5 Å². The highest BCUT2D eigenvalue weighted by atomic mass is 35.5. The zero-order valence-electron chi connectivity index (χ0n) is 13.5. The summed E-state index contributed by atoms with van der Waals surface area (Å²) in [6.45, 7) is 4.76. The number of carbonyl (C=O) groups is 1. The molecule has 4 nitrogen and oxygen atoms in total. The second kappa shape index (κ2) is 8.18. The van der Waals surface area contributed by atoms with Gasteiger partial charge in [-0.2, -0.15) is 0 Å². The Balaban J connectivity index is 1.40. The van der Waals surface area contributed by atoms with E-state index in [0.717, 1.165) is 44.0 Å². The average Bonchev–Trinajstić information content (AvgIpc) is 2.64. The van der Waals surface area contributed by atoms with Crippen LogP contribution in [0.4, 0.5) is 0 Å². The van der Waals surface area contributed by atoms with Gasteiger partial charge in [0.15, 0.2) is 0 Å². The Morgan fingerprint density at radius 1 is 0.958 bits per heavy atom. The van der Waals surface area contributed by atoms with Crippen molar-refractivity contribution in [3.05, 3.63) is 65.2 Å². The molecule has 1 saturated heterocycles. The first-order valence-corrected chi connectivity index (χ1v) is 8.55. The Labute approximate surface area is 147 Å². The molecular formula is C19H21ClN2O2. The minimum atomic E-state index is 0.118. The monoisotopic (exact) mass is 344 g/mol. The summed E-state index contributed by atoms with van der Waals surface area (Å²) >= 11 is 5.85. The molecule has 24 heavy (non-hydrogen) atoms. The van der Waals surface area contributed by atoms with Crippen LogP contribution in [0.3, 0.4) is 0 Å². The van der Waals surface area contributed by atoms with Gasteiger partial charge in [0, 0.05) is 43.3 Å². The van der Waals surface area contributed by atoms with Crippen molar-refractivity contribution >= 4 is 17.5 Å². The Bertz CT molecular complexity index is 653. The van der Waals surface area contributed by atoms with Crippen molar-refractivity contribution in [1.29, 1.82) is 0 Å². The van der Waals surface area contributed by atoms with Gasteiger partial charge in [-0.05, 0) is 36.4 Å². The Hall–Kier alpha value is -2.04. The van der Waals surface area contributed by atoms with Gasteiger partial charge in [-0.15, -0.1) is 0 Å². The van der Waals surface area contributed by atoms with Crippen molar-refractivity contribution < 1.29 is 9.53 Å². The summed E-state index contributed by atoms with van der Waals surface area (Å²) in [5.74, 6) is 0.949. The van der Waals surface area contributed by atoms with Crippen LogP contribution in [0.1, 0.15) is 10.4 Å². The lowest BCUT2D eigenvalue weighted by atomic mass is 10.2. The molecule has 0 N–H and O–H groups in total. The maximum atomic E-state index is 12.4.